The second-order valence-electron chi connectivity index (χ2n) is 2.83. The molecule has 2 heterocycles. The fourth-order valence-electron chi connectivity index (χ4n) is 1.36. The first-order valence-electron chi connectivity index (χ1n) is 4.11. The first kappa shape index (κ1) is 9.73. The minimum atomic E-state index is 0.407. The van der Waals surface area contributed by atoms with E-state index >= 15 is 0 Å². The van der Waals surface area contributed by atoms with E-state index in [2.05, 4.69) is 26.0 Å². The third kappa shape index (κ3) is 1.36. The Morgan fingerprint density at radius 3 is 3.00 bits per heavy atom. The summed E-state index contributed by atoms with van der Waals surface area (Å²) in [6, 6.07) is 1.73. The quantitative estimate of drug-likeness (QED) is 0.813. The number of hydrogen-bond donors (Lipinski definition) is 1. The summed E-state index contributed by atoms with van der Waals surface area (Å²) in [5.41, 5.74) is 7.24. The molecule has 2 rings (SSSR count). The largest absolute Gasteiger partial charge is 0.380 e. The molecule has 4 nitrogen and oxygen atoms in total. The van der Waals surface area contributed by atoms with Crippen LogP contribution in [-0.4, -0.2) is 14.8 Å². The highest BCUT2D eigenvalue weighted by atomic mass is 79.9. The molecule has 2 aromatic heterocycles. The first-order valence-corrected chi connectivity index (χ1v) is 5.28. The molecule has 0 fully saturated rings. The lowest BCUT2D eigenvalue weighted by atomic mass is 10.4. The molecule has 0 aliphatic carbocycles. The van der Waals surface area contributed by atoms with Crippen LogP contribution < -0.4 is 5.73 Å². The summed E-state index contributed by atoms with van der Waals surface area (Å²) in [5, 5.41) is 4.56. The van der Waals surface area contributed by atoms with Crippen LogP contribution in [0.3, 0.4) is 0 Å². The Bertz CT molecular complexity index is 494. The number of nitrogens with zero attached hydrogens (tertiary/aromatic N) is 3. The van der Waals surface area contributed by atoms with Crippen LogP contribution in [0.4, 0.5) is 5.82 Å². The van der Waals surface area contributed by atoms with Crippen molar-refractivity contribution < 1.29 is 0 Å². The number of pyridine rings is 1. The Morgan fingerprint density at radius 2 is 2.36 bits per heavy atom. The maximum absolute atomic E-state index is 5.81. The smallest absolute Gasteiger partial charge is 0.172 e. The van der Waals surface area contributed by atoms with E-state index in [4.69, 9.17) is 17.3 Å². The van der Waals surface area contributed by atoms with Gasteiger partial charge in [-0.1, -0.05) is 11.6 Å². The van der Waals surface area contributed by atoms with Crippen molar-refractivity contribution in [3.05, 3.63) is 15.7 Å². The summed E-state index contributed by atoms with van der Waals surface area (Å²) in [5.74, 6) is 0.407. The molecular weight excluding hydrogens is 267 g/mol. The molecule has 0 radical (unpaired) electrons. The van der Waals surface area contributed by atoms with Crippen molar-refractivity contribution in [2.24, 2.45) is 0 Å². The summed E-state index contributed by atoms with van der Waals surface area (Å²) in [7, 11) is 0. The third-order valence-electron chi connectivity index (χ3n) is 1.94. The molecule has 2 aromatic rings. The minimum absolute atomic E-state index is 0.407. The molecule has 0 unspecified atom stereocenters. The summed E-state index contributed by atoms with van der Waals surface area (Å²) in [4.78, 5) is 4.13. The fraction of sp³-hybridized carbons (Fsp3) is 0.250. The van der Waals surface area contributed by atoms with Gasteiger partial charge in [-0.15, -0.1) is 0 Å². The third-order valence-corrected chi connectivity index (χ3v) is 2.74. The van der Waals surface area contributed by atoms with E-state index in [0.717, 1.165) is 16.5 Å². The molecule has 74 valence electrons. The van der Waals surface area contributed by atoms with Crippen LogP contribution in [-0.2, 0) is 6.54 Å². The van der Waals surface area contributed by atoms with Gasteiger partial charge in [-0.2, -0.15) is 5.10 Å². The molecule has 14 heavy (non-hydrogen) atoms. The number of nitrogen functional groups attached to an aromatic ring is 1. The van der Waals surface area contributed by atoms with Crippen LogP contribution in [0.25, 0.3) is 11.0 Å². The molecule has 6 heteroatoms. The zero-order valence-electron chi connectivity index (χ0n) is 7.46. The lowest BCUT2D eigenvalue weighted by Crippen LogP contribution is -1.97. The highest BCUT2D eigenvalue weighted by molar-refractivity contribution is 9.10. The molecule has 0 aromatic carbocycles. The number of aromatic nitrogens is 3. The SMILES string of the molecule is CCn1nc(N)c2nc(Cl)cc(Br)c21. The maximum atomic E-state index is 5.81. The predicted octanol–water partition coefficient (Wildman–Crippen LogP) is 2.45. The van der Waals surface area contributed by atoms with E-state index in [1.54, 1.807) is 10.7 Å². The average molecular weight is 276 g/mol. The lowest BCUT2D eigenvalue weighted by molar-refractivity contribution is 0.686. The molecule has 0 spiro atoms. The molecule has 0 saturated heterocycles. The molecule has 0 atom stereocenters. The van der Waals surface area contributed by atoms with Crippen molar-refractivity contribution in [2.75, 3.05) is 5.73 Å². The minimum Gasteiger partial charge on any atom is -0.380 e. The number of nitrogens with two attached hydrogens (primary N) is 1. The number of anilines is 1. The van der Waals surface area contributed by atoms with E-state index in [0.29, 0.717) is 16.5 Å². The van der Waals surface area contributed by atoms with Crippen LogP contribution in [0, 0.1) is 0 Å². The van der Waals surface area contributed by atoms with Crippen molar-refractivity contribution in [3.63, 3.8) is 0 Å². The van der Waals surface area contributed by atoms with Gasteiger partial charge >= 0.3 is 0 Å². The standard InChI is InChI=1S/C8H8BrClN4/c1-2-14-7-4(9)3-5(10)12-6(7)8(11)13-14/h3H,2H2,1H3,(H2,11,13). The van der Waals surface area contributed by atoms with Crippen LogP contribution in [0.5, 0.6) is 0 Å². The van der Waals surface area contributed by atoms with E-state index in [1.807, 2.05) is 6.92 Å². The van der Waals surface area contributed by atoms with Gasteiger partial charge in [0.15, 0.2) is 5.82 Å². The number of fused-ring (bicyclic) bond motifs is 1. The summed E-state index contributed by atoms with van der Waals surface area (Å²) >= 11 is 9.23. The van der Waals surface area contributed by atoms with E-state index in [-0.39, 0.29) is 0 Å². The molecular formula is C8H8BrClN4. The molecule has 0 saturated carbocycles. The second kappa shape index (κ2) is 3.40. The summed E-state index contributed by atoms with van der Waals surface area (Å²) in [6.07, 6.45) is 0. The van der Waals surface area contributed by atoms with Crippen molar-refractivity contribution in [1.29, 1.82) is 0 Å². The molecule has 0 bridgehead atoms. The Balaban J connectivity index is 2.89. The Kier molecular flexibility index (Phi) is 2.36. The van der Waals surface area contributed by atoms with E-state index in [9.17, 15) is 0 Å². The predicted molar refractivity (Wildman–Crippen MR) is 60.3 cm³/mol. The van der Waals surface area contributed by atoms with Gasteiger partial charge in [0, 0.05) is 11.0 Å². The van der Waals surface area contributed by atoms with E-state index in [1.165, 1.54) is 0 Å². The van der Waals surface area contributed by atoms with Crippen molar-refractivity contribution in [1.82, 2.24) is 14.8 Å². The fourth-order valence-corrected chi connectivity index (χ4v) is 2.29. The van der Waals surface area contributed by atoms with Crippen molar-refractivity contribution in [3.8, 4) is 0 Å². The van der Waals surface area contributed by atoms with Crippen LogP contribution in [0.1, 0.15) is 6.92 Å². The number of hydrogen-bond acceptors (Lipinski definition) is 3. The van der Waals surface area contributed by atoms with Gasteiger partial charge in [-0.05, 0) is 28.9 Å². The zero-order valence-corrected chi connectivity index (χ0v) is 9.80. The maximum Gasteiger partial charge on any atom is 0.172 e. The Hall–Kier alpha value is -0.810. The normalized spacial score (nSPS) is 11.1. The topological polar surface area (TPSA) is 56.7 Å². The zero-order chi connectivity index (χ0) is 10.3. The van der Waals surface area contributed by atoms with Crippen LogP contribution >= 0.6 is 27.5 Å². The lowest BCUT2D eigenvalue weighted by Gasteiger charge is -2.00. The van der Waals surface area contributed by atoms with Gasteiger partial charge in [0.05, 0.1) is 0 Å². The number of aryl methyl sites for hydroxylation is 1. The summed E-state index contributed by atoms with van der Waals surface area (Å²) in [6.45, 7) is 2.74. The highest BCUT2D eigenvalue weighted by Gasteiger charge is 2.12. The number of halogens is 2. The van der Waals surface area contributed by atoms with Gasteiger partial charge < -0.3 is 5.73 Å². The van der Waals surface area contributed by atoms with Gasteiger partial charge in [-0.25, -0.2) is 4.98 Å². The summed E-state index contributed by atoms with van der Waals surface area (Å²) < 4.78 is 2.65. The molecule has 0 aliphatic rings. The average Bonchev–Trinajstić information content (AvgIpc) is 2.43. The van der Waals surface area contributed by atoms with Gasteiger partial charge in [0.25, 0.3) is 0 Å². The van der Waals surface area contributed by atoms with E-state index < -0.39 is 0 Å². The monoisotopic (exact) mass is 274 g/mol. The van der Waals surface area contributed by atoms with Gasteiger partial charge in [0.1, 0.15) is 16.2 Å². The Morgan fingerprint density at radius 1 is 1.64 bits per heavy atom. The van der Waals surface area contributed by atoms with Crippen molar-refractivity contribution >= 4 is 44.4 Å². The van der Waals surface area contributed by atoms with Crippen molar-refractivity contribution in [2.45, 2.75) is 13.5 Å². The van der Waals surface area contributed by atoms with Crippen LogP contribution in [0.15, 0.2) is 10.5 Å². The van der Waals surface area contributed by atoms with Gasteiger partial charge in [-0.3, -0.25) is 4.68 Å². The first-order chi connectivity index (χ1) is 6.63. The molecule has 0 amide bonds. The Labute approximate surface area is 94.2 Å². The van der Waals surface area contributed by atoms with Gasteiger partial charge in [0.2, 0.25) is 0 Å². The molecule has 2 N–H and O–H groups in total. The highest BCUT2D eigenvalue weighted by Crippen LogP contribution is 2.28. The second-order valence-corrected chi connectivity index (χ2v) is 4.07. The van der Waals surface area contributed by atoms with Crippen LogP contribution in [0.2, 0.25) is 5.15 Å². The number of rotatable bonds is 1. The molecule has 0 aliphatic heterocycles.